The van der Waals surface area contributed by atoms with Gasteiger partial charge in [-0.1, -0.05) is 54.6 Å². The van der Waals surface area contributed by atoms with E-state index >= 15 is 0 Å². The minimum absolute atomic E-state index is 0. The van der Waals surface area contributed by atoms with Crippen molar-refractivity contribution < 1.29 is 42.0 Å². The molecule has 35 heavy (non-hydrogen) atoms. The van der Waals surface area contributed by atoms with Crippen molar-refractivity contribution in [3.63, 3.8) is 0 Å². The zero-order valence-electron chi connectivity index (χ0n) is 19.8. The highest BCUT2D eigenvalue weighted by atomic mass is 127. The van der Waals surface area contributed by atoms with Crippen molar-refractivity contribution in [3.05, 3.63) is 107 Å². The predicted molar refractivity (Wildman–Crippen MR) is 128 cm³/mol. The summed E-state index contributed by atoms with van der Waals surface area (Å²) in [6, 6.07) is 22.9. The van der Waals surface area contributed by atoms with Crippen LogP contribution in [-0.4, -0.2) is 54.7 Å². The standard InChI is InChI=1S/C28H29F2N3O.HI/c1-33(17-15-21-5-3-2-4-6-21)18-16-26(19-33)32-20-28(31-27(32)34,22-7-11-24(29)12-8-22)23-9-13-25(30)14-10-23;/h2-14,26H,15-20H2,1H3;1H/t26-,33?;/m1./s1. The lowest BCUT2D eigenvalue weighted by atomic mass is 9.83. The van der Waals surface area contributed by atoms with Gasteiger partial charge in [0.15, 0.2) is 0 Å². The van der Waals surface area contributed by atoms with Gasteiger partial charge in [-0.25, -0.2) is 13.6 Å². The molecule has 0 radical (unpaired) electrons. The van der Waals surface area contributed by atoms with Crippen molar-refractivity contribution in [3.8, 4) is 0 Å². The first-order chi connectivity index (χ1) is 16.4. The number of urea groups is 1. The number of carbonyl (C=O) groups is 1. The van der Waals surface area contributed by atoms with Crippen molar-refractivity contribution in [1.29, 1.82) is 0 Å². The summed E-state index contributed by atoms with van der Waals surface area (Å²) in [7, 11) is 2.27. The van der Waals surface area contributed by atoms with E-state index in [-0.39, 0.29) is 47.7 Å². The Morgan fingerprint density at radius 3 is 2.09 bits per heavy atom. The lowest BCUT2D eigenvalue weighted by Crippen LogP contribution is -3.00. The van der Waals surface area contributed by atoms with Crippen LogP contribution in [0.2, 0.25) is 0 Å². The molecule has 3 aromatic carbocycles. The Kier molecular flexibility index (Phi) is 7.47. The fourth-order valence-electron chi connectivity index (χ4n) is 5.53. The number of nitrogens with one attached hydrogen (secondary N) is 1. The van der Waals surface area contributed by atoms with Gasteiger partial charge in [-0.2, -0.15) is 0 Å². The van der Waals surface area contributed by atoms with Crippen LogP contribution in [0.15, 0.2) is 78.9 Å². The molecular formula is C28H30F2IN3O. The molecule has 0 aliphatic carbocycles. The quantitative estimate of drug-likeness (QED) is 0.345. The maximum Gasteiger partial charge on any atom is 0.319 e. The number of rotatable bonds is 6. The Bertz CT molecular complexity index is 1110. The fourth-order valence-corrected chi connectivity index (χ4v) is 5.53. The van der Waals surface area contributed by atoms with E-state index in [2.05, 4.69) is 36.6 Å². The average Bonchev–Trinajstić information content (AvgIpc) is 3.40. The molecule has 0 spiro atoms. The Hall–Kier alpha value is -2.52. The lowest BCUT2D eigenvalue weighted by Gasteiger charge is -2.32. The second-order valence-electron chi connectivity index (χ2n) is 9.90. The van der Waals surface area contributed by atoms with Crippen molar-refractivity contribution in [1.82, 2.24) is 10.2 Å². The lowest BCUT2D eigenvalue weighted by molar-refractivity contribution is -0.898. The molecule has 2 heterocycles. The number of hydrogen-bond donors (Lipinski definition) is 1. The normalized spacial score (nSPS) is 23.1. The molecule has 2 atom stereocenters. The third-order valence-corrected chi connectivity index (χ3v) is 7.54. The fraction of sp³-hybridized carbons (Fsp3) is 0.321. The van der Waals surface area contributed by atoms with E-state index in [1.807, 2.05) is 11.0 Å². The van der Waals surface area contributed by atoms with Crippen molar-refractivity contribution in [2.45, 2.75) is 24.4 Å². The van der Waals surface area contributed by atoms with Crippen LogP contribution in [0.1, 0.15) is 23.1 Å². The molecule has 1 unspecified atom stereocenters. The third kappa shape index (κ3) is 5.21. The monoisotopic (exact) mass is 589 g/mol. The molecule has 3 aromatic rings. The van der Waals surface area contributed by atoms with E-state index in [1.54, 1.807) is 24.3 Å². The number of carbonyl (C=O) groups excluding carboxylic acids is 1. The van der Waals surface area contributed by atoms with Crippen LogP contribution in [0.25, 0.3) is 0 Å². The molecular weight excluding hydrogens is 559 g/mol. The maximum absolute atomic E-state index is 13.7. The van der Waals surface area contributed by atoms with Crippen LogP contribution >= 0.6 is 0 Å². The predicted octanol–water partition coefficient (Wildman–Crippen LogP) is 1.70. The van der Waals surface area contributed by atoms with Crippen LogP contribution in [-0.2, 0) is 12.0 Å². The van der Waals surface area contributed by atoms with Crippen LogP contribution in [0.4, 0.5) is 13.6 Å². The van der Waals surface area contributed by atoms with Crippen LogP contribution in [0.5, 0.6) is 0 Å². The summed E-state index contributed by atoms with van der Waals surface area (Å²) in [6.07, 6.45) is 1.94. The molecule has 2 aliphatic heterocycles. The van der Waals surface area contributed by atoms with Gasteiger partial charge in [0.25, 0.3) is 0 Å². The van der Waals surface area contributed by atoms with Gasteiger partial charge >= 0.3 is 6.03 Å². The average molecular weight is 589 g/mol. The number of halogens is 3. The molecule has 2 fully saturated rings. The van der Waals surface area contributed by atoms with E-state index < -0.39 is 5.54 Å². The maximum atomic E-state index is 13.7. The second kappa shape index (κ2) is 10.2. The summed E-state index contributed by atoms with van der Waals surface area (Å²) in [6.45, 7) is 3.36. The van der Waals surface area contributed by atoms with Gasteiger partial charge < -0.3 is 38.7 Å². The molecule has 5 rings (SSSR count). The van der Waals surface area contributed by atoms with E-state index in [9.17, 15) is 13.6 Å². The highest BCUT2D eigenvalue weighted by Gasteiger charge is 2.50. The van der Waals surface area contributed by atoms with Gasteiger partial charge in [0.2, 0.25) is 0 Å². The van der Waals surface area contributed by atoms with Gasteiger partial charge in [0.1, 0.15) is 17.2 Å². The van der Waals surface area contributed by atoms with Crippen LogP contribution in [0.3, 0.4) is 0 Å². The number of nitrogens with zero attached hydrogens (tertiary/aromatic N) is 2. The summed E-state index contributed by atoms with van der Waals surface area (Å²) in [5.41, 5.74) is 2.05. The zero-order valence-corrected chi connectivity index (χ0v) is 21.9. The SMILES string of the molecule is C[N+]1(CCc2ccccc2)CC[C@@H](N2CC(c3ccc(F)cc3)(c3ccc(F)cc3)NC2=O)C1.[I-]. The van der Waals surface area contributed by atoms with E-state index in [0.29, 0.717) is 6.54 Å². The van der Waals surface area contributed by atoms with E-state index in [4.69, 9.17) is 0 Å². The summed E-state index contributed by atoms with van der Waals surface area (Å²) in [5, 5.41) is 3.19. The van der Waals surface area contributed by atoms with Crippen molar-refractivity contribution in [2.24, 2.45) is 0 Å². The first kappa shape index (κ1) is 25.6. The molecule has 4 nitrogen and oxygen atoms in total. The molecule has 0 bridgehead atoms. The second-order valence-corrected chi connectivity index (χ2v) is 9.90. The number of likely N-dealkylation sites (tertiary alicyclic amines) is 1. The zero-order chi connectivity index (χ0) is 23.8. The molecule has 7 heteroatoms. The first-order valence-corrected chi connectivity index (χ1v) is 11.9. The van der Waals surface area contributed by atoms with E-state index in [0.717, 1.165) is 48.1 Å². The number of likely N-dealkylation sites (N-methyl/N-ethyl adjacent to an activating group) is 1. The molecule has 0 saturated carbocycles. The Balaban J connectivity index is 0.00000289. The summed E-state index contributed by atoms with van der Waals surface area (Å²) >= 11 is 0. The largest absolute Gasteiger partial charge is 1.00 e. The minimum atomic E-state index is -0.853. The first-order valence-electron chi connectivity index (χ1n) is 11.9. The smallest absolute Gasteiger partial charge is 0.319 e. The van der Waals surface area contributed by atoms with E-state index in [1.165, 1.54) is 29.8 Å². The number of benzene rings is 3. The molecule has 2 saturated heterocycles. The van der Waals surface area contributed by atoms with Gasteiger partial charge in [-0.3, -0.25) is 0 Å². The van der Waals surface area contributed by atoms with Crippen molar-refractivity contribution >= 4 is 6.03 Å². The third-order valence-electron chi connectivity index (χ3n) is 7.54. The van der Waals surface area contributed by atoms with Gasteiger partial charge in [-0.05, 0) is 41.0 Å². The summed E-state index contributed by atoms with van der Waals surface area (Å²) in [4.78, 5) is 15.2. The Morgan fingerprint density at radius 2 is 1.51 bits per heavy atom. The summed E-state index contributed by atoms with van der Waals surface area (Å²) in [5.74, 6) is -0.664. The van der Waals surface area contributed by atoms with Crippen molar-refractivity contribution in [2.75, 3.05) is 33.2 Å². The number of quaternary nitrogens is 1. The number of amides is 2. The number of hydrogen-bond acceptors (Lipinski definition) is 1. The van der Waals surface area contributed by atoms with Gasteiger partial charge in [0, 0.05) is 12.8 Å². The highest BCUT2D eigenvalue weighted by Crippen LogP contribution is 2.37. The highest BCUT2D eigenvalue weighted by molar-refractivity contribution is 5.80. The summed E-state index contributed by atoms with van der Waals surface area (Å²) < 4.78 is 28.3. The Morgan fingerprint density at radius 1 is 0.943 bits per heavy atom. The molecule has 0 aromatic heterocycles. The molecule has 2 aliphatic rings. The molecule has 1 N–H and O–H groups in total. The topological polar surface area (TPSA) is 32.3 Å². The molecule has 184 valence electrons. The molecule has 2 amide bonds. The van der Waals surface area contributed by atoms with Gasteiger partial charge in [-0.15, -0.1) is 0 Å². The van der Waals surface area contributed by atoms with Crippen LogP contribution in [0, 0.1) is 11.6 Å². The van der Waals surface area contributed by atoms with Gasteiger partial charge in [0.05, 0.1) is 39.3 Å². The Labute approximate surface area is 222 Å². The minimum Gasteiger partial charge on any atom is -1.00 e. The van der Waals surface area contributed by atoms with Crippen LogP contribution < -0.4 is 29.3 Å².